The summed E-state index contributed by atoms with van der Waals surface area (Å²) in [6.45, 7) is 0. The van der Waals surface area contributed by atoms with Crippen molar-refractivity contribution in [2.24, 2.45) is 7.05 Å². The lowest BCUT2D eigenvalue weighted by Crippen LogP contribution is -2.11. The van der Waals surface area contributed by atoms with Crippen LogP contribution in [0, 0.1) is 0 Å². The zero-order valence-electron chi connectivity index (χ0n) is 9.09. The summed E-state index contributed by atoms with van der Waals surface area (Å²) < 4.78 is 2.12. The molecule has 0 N–H and O–H groups in total. The fourth-order valence-electron chi connectivity index (χ4n) is 2.61. The summed E-state index contributed by atoms with van der Waals surface area (Å²) in [5.74, 6) is 0.258. The van der Waals surface area contributed by atoms with Gasteiger partial charge in [-0.05, 0) is 31.0 Å². The Bertz CT molecular complexity index is 597. The fraction of sp³-hybridized carbons (Fsp3) is 0.308. The van der Waals surface area contributed by atoms with Crippen molar-refractivity contribution < 1.29 is 4.79 Å². The van der Waals surface area contributed by atoms with Gasteiger partial charge in [0.15, 0.2) is 5.78 Å². The molecule has 1 aromatic heterocycles. The Morgan fingerprint density at radius 2 is 2.12 bits per heavy atom. The molecule has 0 fully saturated rings. The number of Topliss-reactive ketones (excluding diaryl/α,β-unsaturated/α-hetero) is 1. The lowest BCUT2D eigenvalue weighted by atomic mass is 9.94. The lowest BCUT2D eigenvalue weighted by molar-refractivity contribution is 0.0973. The maximum atomic E-state index is 12.0. The molecule has 1 heterocycles. The SMILES string of the molecule is Cn1c2c(c3cc(Cl)ccc31)C(=O)CCC2. The maximum absolute atomic E-state index is 12.0. The van der Waals surface area contributed by atoms with Gasteiger partial charge in [-0.1, -0.05) is 11.6 Å². The molecule has 1 aromatic carbocycles. The van der Waals surface area contributed by atoms with Gasteiger partial charge in [0.1, 0.15) is 0 Å². The second-order valence-electron chi connectivity index (χ2n) is 4.32. The van der Waals surface area contributed by atoms with Crippen LogP contribution in [-0.2, 0) is 13.5 Å². The summed E-state index contributed by atoms with van der Waals surface area (Å²) in [6.07, 6.45) is 2.62. The zero-order valence-corrected chi connectivity index (χ0v) is 9.84. The molecule has 0 saturated heterocycles. The first-order valence-electron chi connectivity index (χ1n) is 5.48. The van der Waals surface area contributed by atoms with Gasteiger partial charge in [0.2, 0.25) is 0 Å². The van der Waals surface area contributed by atoms with Crippen LogP contribution in [0.4, 0.5) is 0 Å². The molecule has 0 aliphatic heterocycles. The van der Waals surface area contributed by atoms with E-state index in [0.29, 0.717) is 11.4 Å². The first-order chi connectivity index (χ1) is 7.68. The summed E-state index contributed by atoms with van der Waals surface area (Å²) >= 11 is 6.00. The Balaban J connectivity index is 2.45. The molecular formula is C13H12ClNO. The van der Waals surface area contributed by atoms with Crippen LogP contribution in [-0.4, -0.2) is 10.4 Å². The molecule has 2 nitrogen and oxygen atoms in total. The average Bonchev–Trinajstić information content (AvgIpc) is 2.54. The third-order valence-corrected chi connectivity index (χ3v) is 3.61. The Labute approximate surface area is 98.8 Å². The molecule has 3 rings (SSSR count). The topological polar surface area (TPSA) is 22.0 Å². The van der Waals surface area contributed by atoms with Gasteiger partial charge in [0.05, 0.1) is 0 Å². The van der Waals surface area contributed by atoms with Crippen molar-refractivity contribution >= 4 is 28.3 Å². The maximum Gasteiger partial charge on any atom is 0.165 e. The molecular weight excluding hydrogens is 222 g/mol. The molecule has 0 unspecified atom stereocenters. The Hall–Kier alpha value is -1.28. The minimum Gasteiger partial charge on any atom is -0.347 e. The van der Waals surface area contributed by atoms with Crippen molar-refractivity contribution in [2.45, 2.75) is 19.3 Å². The number of carbonyl (C=O) groups excluding carboxylic acids is 1. The predicted octanol–water partition coefficient (Wildman–Crippen LogP) is 3.35. The summed E-state index contributed by atoms with van der Waals surface area (Å²) in [6, 6.07) is 5.77. The first kappa shape index (κ1) is 9.91. The number of aryl methyl sites for hydroxylation is 1. The highest BCUT2D eigenvalue weighted by molar-refractivity contribution is 6.31. The van der Waals surface area contributed by atoms with Crippen LogP contribution in [0.1, 0.15) is 28.9 Å². The van der Waals surface area contributed by atoms with E-state index in [4.69, 9.17) is 11.6 Å². The standard InChI is InChI=1S/C13H12ClNO/c1-15-10-6-5-8(14)7-9(10)13-11(15)3-2-4-12(13)16/h5-7H,2-4H2,1H3. The molecule has 0 radical (unpaired) electrons. The quantitative estimate of drug-likeness (QED) is 0.684. The number of benzene rings is 1. The number of hydrogen-bond donors (Lipinski definition) is 0. The van der Waals surface area contributed by atoms with Crippen molar-refractivity contribution in [3.63, 3.8) is 0 Å². The van der Waals surface area contributed by atoms with Crippen molar-refractivity contribution in [1.29, 1.82) is 0 Å². The molecule has 0 saturated carbocycles. The average molecular weight is 234 g/mol. The smallest absolute Gasteiger partial charge is 0.165 e. The van der Waals surface area contributed by atoms with E-state index in [1.54, 1.807) is 0 Å². The van der Waals surface area contributed by atoms with Gasteiger partial charge in [-0.3, -0.25) is 4.79 Å². The van der Waals surface area contributed by atoms with Crippen LogP contribution >= 0.6 is 11.6 Å². The number of halogens is 1. The molecule has 0 amide bonds. The number of carbonyl (C=O) groups is 1. The van der Waals surface area contributed by atoms with Crippen molar-refractivity contribution in [3.05, 3.63) is 34.5 Å². The summed E-state index contributed by atoms with van der Waals surface area (Å²) in [5, 5.41) is 1.70. The van der Waals surface area contributed by atoms with E-state index in [1.807, 2.05) is 25.2 Å². The zero-order chi connectivity index (χ0) is 11.3. The number of aromatic nitrogens is 1. The summed E-state index contributed by atoms with van der Waals surface area (Å²) in [4.78, 5) is 12.0. The monoisotopic (exact) mass is 233 g/mol. The van der Waals surface area contributed by atoms with Crippen LogP contribution in [0.5, 0.6) is 0 Å². The van der Waals surface area contributed by atoms with E-state index in [1.165, 1.54) is 0 Å². The third-order valence-electron chi connectivity index (χ3n) is 3.38. The van der Waals surface area contributed by atoms with Gasteiger partial charge in [-0.25, -0.2) is 0 Å². The number of fused-ring (bicyclic) bond motifs is 3. The third kappa shape index (κ3) is 1.23. The van der Waals surface area contributed by atoms with Gasteiger partial charge in [-0.2, -0.15) is 0 Å². The van der Waals surface area contributed by atoms with E-state index >= 15 is 0 Å². The largest absolute Gasteiger partial charge is 0.347 e. The highest BCUT2D eigenvalue weighted by Gasteiger charge is 2.24. The number of nitrogens with zero attached hydrogens (tertiary/aromatic N) is 1. The number of hydrogen-bond acceptors (Lipinski definition) is 1. The Morgan fingerprint density at radius 3 is 2.94 bits per heavy atom. The van der Waals surface area contributed by atoms with Crippen molar-refractivity contribution in [3.8, 4) is 0 Å². The van der Waals surface area contributed by atoms with Gasteiger partial charge in [-0.15, -0.1) is 0 Å². The second kappa shape index (κ2) is 3.36. The van der Waals surface area contributed by atoms with Crippen LogP contribution in [0.25, 0.3) is 10.9 Å². The molecule has 1 aliphatic rings. The molecule has 0 atom stereocenters. The Morgan fingerprint density at radius 1 is 1.31 bits per heavy atom. The molecule has 2 aromatic rings. The summed E-state index contributed by atoms with van der Waals surface area (Å²) in [7, 11) is 2.02. The lowest BCUT2D eigenvalue weighted by Gasteiger charge is -2.12. The van der Waals surface area contributed by atoms with E-state index < -0.39 is 0 Å². The molecule has 82 valence electrons. The molecule has 1 aliphatic carbocycles. The highest BCUT2D eigenvalue weighted by atomic mass is 35.5. The normalized spacial score (nSPS) is 15.5. The van der Waals surface area contributed by atoms with Gasteiger partial charge in [0.25, 0.3) is 0 Å². The summed E-state index contributed by atoms with van der Waals surface area (Å²) in [5.41, 5.74) is 3.16. The van der Waals surface area contributed by atoms with Gasteiger partial charge < -0.3 is 4.57 Å². The first-order valence-corrected chi connectivity index (χ1v) is 5.86. The van der Waals surface area contributed by atoms with Crippen LogP contribution in [0.2, 0.25) is 5.02 Å². The highest BCUT2D eigenvalue weighted by Crippen LogP contribution is 2.32. The second-order valence-corrected chi connectivity index (χ2v) is 4.76. The minimum absolute atomic E-state index is 0.258. The van der Waals surface area contributed by atoms with E-state index in [-0.39, 0.29) is 5.78 Å². The molecule has 16 heavy (non-hydrogen) atoms. The predicted molar refractivity (Wildman–Crippen MR) is 65.2 cm³/mol. The van der Waals surface area contributed by atoms with Crippen LogP contribution < -0.4 is 0 Å². The molecule has 0 spiro atoms. The van der Waals surface area contributed by atoms with Gasteiger partial charge >= 0.3 is 0 Å². The van der Waals surface area contributed by atoms with E-state index in [2.05, 4.69) is 4.57 Å². The molecule has 0 bridgehead atoms. The van der Waals surface area contributed by atoms with Gasteiger partial charge in [0, 0.05) is 40.7 Å². The van der Waals surface area contributed by atoms with Crippen LogP contribution in [0.3, 0.4) is 0 Å². The van der Waals surface area contributed by atoms with Crippen molar-refractivity contribution in [2.75, 3.05) is 0 Å². The fourth-order valence-corrected chi connectivity index (χ4v) is 2.79. The van der Waals surface area contributed by atoms with Crippen LogP contribution in [0.15, 0.2) is 18.2 Å². The number of rotatable bonds is 0. The molecule has 3 heteroatoms. The number of ketones is 1. The van der Waals surface area contributed by atoms with E-state index in [9.17, 15) is 4.79 Å². The van der Waals surface area contributed by atoms with Crippen molar-refractivity contribution in [1.82, 2.24) is 4.57 Å². The Kier molecular flexibility index (Phi) is 2.08. The van der Waals surface area contributed by atoms with E-state index in [0.717, 1.165) is 35.0 Å². The minimum atomic E-state index is 0.258.